The minimum Gasteiger partial charge on any atom is -0.452 e. The van der Waals surface area contributed by atoms with Crippen LogP contribution in [0.2, 0.25) is 0 Å². The number of amides is 1. The van der Waals surface area contributed by atoms with Crippen LogP contribution < -0.4 is 5.32 Å². The number of carbonyl (C=O) groups is 2. The number of nitrogens with one attached hydrogen (secondary N) is 1. The number of ether oxygens (including phenoxy) is 1. The average molecular weight is 251 g/mol. The van der Waals surface area contributed by atoms with Gasteiger partial charge in [0.25, 0.3) is 0 Å². The molecule has 6 nitrogen and oxygen atoms in total. The topological polar surface area (TPSA) is 95.9 Å². The van der Waals surface area contributed by atoms with Crippen molar-refractivity contribution in [3.05, 3.63) is 36.0 Å². The largest absolute Gasteiger partial charge is 0.452 e. The Balaban J connectivity index is 2.09. The Hall–Kier alpha value is -1.92. The lowest BCUT2D eigenvalue weighted by Crippen LogP contribution is -2.42. The molecule has 0 fully saturated rings. The van der Waals surface area contributed by atoms with Gasteiger partial charge in [-0.3, -0.25) is 9.59 Å². The molecule has 0 aromatic rings. The molecule has 2 rings (SSSR count). The second-order valence-corrected chi connectivity index (χ2v) is 3.97. The summed E-state index contributed by atoms with van der Waals surface area (Å²) in [5.41, 5.74) is 0.738. The first kappa shape index (κ1) is 12.5. The van der Waals surface area contributed by atoms with Crippen molar-refractivity contribution in [1.82, 2.24) is 5.32 Å². The summed E-state index contributed by atoms with van der Waals surface area (Å²) in [7, 11) is 0. The SMILES string of the molecule is O=C(NCC(O)O)C1C=C2C=CC=CC2OC1=O. The summed E-state index contributed by atoms with van der Waals surface area (Å²) < 4.78 is 5.10. The molecule has 18 heavy (non-hydrogen) atoms. The molecule has 0 aromatic carbocycles. The summed E-state index contributed by atoms with van der Waals surface area (Å²) in [5, 5.41) is 19.5. The van der Waals surface area contributed by atoms with Crippen molar-refractivity contribution in [2.24, 2.45) is 5.92 Å². The van der Waals surface area contributed by atoms with Crippen molar-refractivity contribution in [3.63, 3.8) is 0 Å². The lowest BCUT2D eigenvalue weighted by atomic mass is 9.95. The van der Waals surface area contributed by atoms with Crippen LogP contribution in [0.3, 0.4) is 0 Å². The number of fused-ring (bicyclic) bond motifs is 1. The van der Waals surface area contributed by atoms with Crippen LogP contribution >= 0.6 is 0 Å². The second-order valence-electron chi connectivity index (χ2n) is 3.97. The van der Waals surface area contributed by atoms with Crippen molar-refractivity contribution in [1.29, 1.82) is 0 Å². The third kappa shape index (κ3) is 2.66. The van der Waals surface area contributed by atoms with Crippen LogP contribution in [-0.4, -0.2) is 41.0 Å². The molecule has 1 aliphatic carbocycles. The van der Waals surface area contributed by atoms with E-state index in [2.05, 4.69) is 5.32 Å². The molecule has 2 aliphatic rings. The van der Waals surface area contributed by atoms with Crippen LogP contribution in [0.5, 0.6) is 0 Å². The van der Waals surface area contributed by atoms with Gasteiger partial charge in [0.1, 0.15) is 6.10 Å². The van der Waals surface area contributed by atoms with Gasteiger partial charge in [-0.15, -0.1) is 0 Å². The molecule has 0 aromatic heterocycles. The summed E-state index contributed by atoms with van der Waals surface area (Å²) in [4.78, 5) is 23.3. The smallest absolute Gasteiger partial charge is 0.323 e. The molecule has 1 heterocycles. The average Bonchev–Trinajstić information content (AvgIpc) is 2.35. The van der Waals surface area contributed by atoms with Gasteiger partial charge in [-0.25, -0.2) is 0 Å². The van der Waals surface area contributed by atoms with Crippen LogP contribution in [-0.2, 0) is 14.3 Å². The molecule has 6 heteroatoms. The fourth-order valence-corrected chi connectivity index (χ4v) is 1.74. The zero-order chi connectivity index (χ0) is 13.1. The van der Waals surface area contributed by atoms with Gasteiger partial charge in [-0.1, -0.05) is 24.3 Å². The van der Waals surface area contributed by atoms with Crippen LogP contribution in [0.15, 0.2) is 36.0 Å². The Bertz CT molecular complexity index is 449. The van der Waals surface area contributed by atoms with E-state index in [1.165, 1.54) is 6.08 Å². The Kier molecular flexibility index (Phi) is 3.59. The Morgan fingerprint density at radius 1 is 1.44 bits per heavy atom. The van der Waals surface area contributed by atoms with Gasteiger partial charge < -0.3 is 20.3 Å². The lowest BCUT2D eigenvalue weighted by Gasteiger charge is -2.26. The van der Waals surface area contributed by atoms with E-state index in [9.17, 15) is 9.59 Å². The summed E-state index contributed by atoms with van der Waals surface area (Å²) in [6, 6.07) is 0. The summed E-state index contributed by atoms with van der Waals surface area (Å²) in [6.45, 7) is -0.328. The van der Waals surface area contributed by atoms with E-state index in [-0.39, 0.29) is 6.54 Å². The molecule has 2 unspecified atom stereocenters. The second kappa shape index (κ2) is 5.16. The summed E-state index contributed by atoms with van der Waals surface area (Å²) in [5.74, 6) is -2.30. The number of aliphatic hydroxyl groups is 2. The third-order valence-electron chi connectivity index (χ3n) is 2.61. The lowest BCUT2D eigenvalue weighted by molar-refractivity contribution is -0.153. The molecule has 0 saturated carbocycles. The van der Waals surface area contributed by atoms with E-state index in [4.69, 9.17) is 14.9 Å². The van der Waals surface area contributed by atoms with E-state index < -0.39 is 30.2 Å². The normalized spacial score (nSPS) is 25.5. The predicted molar refractivity (Wildman–Crippen MR) is 61.0 cm³/mol. The van der Waals surface area contributed by atoms with Crippen LogP contribution in [0.1, 0.15) is 0 Å². The van der Waals surface area contributed by atoms with Crippen LogP contribution in [0.4, 0.5) is 0 Å². The number of carbonyl (C=O) groups excluding carboxylic acids is 2. The third-order valence-corrected chi connectivity index (χ3v) is 2.61. The highest BCUT2D eigenvalue weighted by atomic mass is 16.5. The molecular weight excluding hydrogens is 238 g/mol. The van der Waals surface area contributed by atoms with Gasteiger partial charge in [0.15, 0.2) is 12.2 Å². The maximum atomic E-state index is 11.7. The van der Waals surface area contributed by atoms with Crippen molar-refractivity contribution in [2.75, 3.05) is 6.54 Å². The van der Waals surface area contributed by atoms with Gasteiger partial charge in [0.2, 0.25) is 5.91 Å². The number of rotatable bonds is 3. The fraction of sp³-hybridized carbons (Fsp3) is 0.333. The molecule has 96 valence electrons. The quantitative estimate of drug-likeness (QED) is 0.340. The minimum atomic E-state index is -1.65. The molecule has 1 aliphatic heterocycles. The zero-order valence-corrected chi connectivity index (χ0v) is 9.45. The number of esters is 1. The molecule has 2 atom stereocenters. The molecule has 0 bridgehead atoms. The number of hydrogen-bond donors (Lipinski definition) is 3. The fourth-order valence-electron chi connectivity index (χ4n) is 1.74. The van der Waals surface area contributed by atoms with E-state index in [1.54, 1.807) is 24.3 Å². The molecule has 3 N–H and O–H groups in total. The van der Waals surface area contributed by atoms with Crippen molar-refractivity contribution >= 4 is 11.9 Å². The molecular formula is C12H13NO5. The predicted octanol–water partition coefficient (Wildman–Crippen LogP) is -0.993. The number of allylic oxidation sites excluding steroid dienone is 2. The Morgan fingerprint density at radius 2 is 2.22 bits per heavy atom. The van der Waals surface area contributed by atoms with E-state index in [0.717, 1.165) is 5.57 Å². The molecule has 0 spiro atoms. The number of aliphatic hydroxyl groups excluding tert-OH is 1. The number of hydrogen-bond acceptors (Lipinski definition) is 5. The standard InChI is InChI=1S/C12H13NO5/c14-10(15)6-13-11(16)8-5-7-3-1-2-4-9(7)18-12(8)17/h1-5,8-10,14-15H,6H2,(H,13,16). The first-order chi connectivity index (χ1) is 8.58. The van der Waals surface area contributed by atoms with Crippen molar-refractivity contribution in [2.45, 2.75) is 12.4 Å². The van der Waals surface area contributed by atoms with E-state index in [1.807, 2.05) is 0 Å². The van der Waals surface area contributed by atoms with Gasteiger partial charge in [-0.2, -0.15) is 0 Å². The van der Waals surface area contributed by atoms with Crippen LogP contribution in [0.25, 0.3) is 0 Å². The van der Waals surface area contributed by atoms with Crippen LogP contribution in [0, 0.1) is 5.92 Å². The maximum absolute atomic E-state index is 11.7. The highest BCUT2D eigenvalue weighted by molar-refractivity contribution is 6.00. The van der Waals surface area contributed by atoms with Crippen molar-refractivity contribution in [3.8, 4) is 0 Å². The van der Waals surface area contributed by atoms with Gasteiger partial charge >= 0.3 is 5.97 Å². The zero-order valence-electron chi connectivity index (χ0n) is 9.45. The van der Waals surface area contributed by atoms with Crippen molar-refractivity contribution < 1.29 is 24.5 Å². The highest BCUT2D eigenvalue weighted by Gasteiger charge is 2.34. The Labute approximate surface area is 103 Å². The minimum absolute atomic E-state index is 0.328. The summed E-state index contributed by atoms with van der Waals surface area (Å²) in [6.07, 6.45) is 6.47. The summed E-state index contributed by atoms with van der Waals surface area (Å²) >= 11 is 0. The first-order valence-electron chi connectivity index (χ1n) is 5.49. The Morgan fingerprint density at radius 3 is 2.94 bits per heavy atom. The van der Waals surface area contributed by atoms with Gasteiger partial charge in [0.05, 0.1) is 6.54 Å². The molecule has 1 amide bonds. The molecule has 0 radical (unpaired) electrons. The van der Waals surface area contributed by atoms with E-state index >= 15 is 0 Å². The first-order valence-corrected chi connectivity index (χ1v) is 5.49. The highest BCUT2D eigenvalue weighted by Crippen LogP contribution is 2.24. The molecule has 0 saturated heterocycles. The van der Waals surface area contributed by atoms with Gasteiger partial charge in [-0.05, 0) is 11.6 Å². The van der Waals surface area contributed by atoms with Gasteiger partial charge in [0, 0.05) is 0 Å². The maximum Gasteiger partial charge on any atom is 0.323 e. The van der Waals surface area contributed by atoms with E-state index in [0.29, 0.717) is 0 Å². The monoisotopic (exact) mass is 251 g/mol.